The van der Waals surface area contributed by atoms with E-state index in [1.165, 1.54) is 0 Å². The molecule has 0 aliphatic rings. The fraction of sp³-hybridized carbons (Fsp3) is 0.143. The van der Waals surface area contributed by atoms with Crippen LogP contribution in [0.15, 0.2) is 47.2 Å². The standard InChI is InChI=1S/C14H13BrN2O2/c1-9(10-4-6-16-7-5-10)17-11-2-3-12(14(18)19)13(15)8-11/h2-9,17H,1H3,(H,18,19). The van der Waals surface area contributed by atoms with Gasteiger partial charge in [0.15, 0.2) is 0 Å². The van der Waals surface area contributed by atoms with Gasteiger partial charge < -0.3 is 10.4 Å². The molecule has 0 aliphatic heterocycles. The summed E-state index contributed by atoms with van der Waals surface area (Å²) in [5, 5.41) is 12.3. The molecule has 1 atom stereocenters. The van der Waals surface area contributed by atoms with Crippen molar-refractivity contribution in [3.8, 4) is 0 Å². The number of pyridine rings is 1. The van der Waals surface area contributed by atoms with Crippen LogP contribution in [-0.4, -0.2) is 16.1 Å². The monoisotopic (exact) mass is 320 g/mol. The number of halogens is 1. The number of benzene rings is 1. The molecule has 1 aromatic carbocycles. The van der Waals surface area contributed by atoms with E-state index in [1.807, 2.05) is 19.1 Å². The van der Waals surface area contributed by atoms with Gasteiger partial charge in [0.2, 0.25) is 0 Å². The number of aromatic nitrogens is 1. The molecule has 0 saturated heterocycles. The van der Waals surface area contributed by atoms with Gasteiger partial charge in [-0.2, -0.15) is 0 Å². The molecular formula is C14H13BrN2O2. The van der Waals surface area contributed by atoms with Gasteiger partial charge in [0.05, 0.1) is 5.56 Å². The number of hydrogen-bond donors (Lipinski definition) is 2. The van der Waals surface area contributed by atoms with Crippen LogP contribution in [0.4, 0.5) is 5.69 Å². The van der Waals surface area contributed by atoms with E-state index in [2.05, 4.69) is 26.2 Å². The Hall–Kier alpha value is -1.88. The minimum absolute atomic E-state index is 0.116. The third kappa shape index (κ3) is 3.32. The number of anilines is 1. The molecule has 0 radical (unpaired) electrons. The van der Waals surface area contributed by atoms with Crippen LogP contribution in [0, 0.1) is 0 Å². The maximum atomic E-state index is 10.9. The summed E-state index contributed by atoms with van der Waals surface area (Å²) in [4.78, 5) is 14.9. The van der Waals surface area contributed by atoms with Crippen molar-refractivity contribution in [3.63, 3.8) is 0 Å². The van der Waals surface area contributed by atoms with Crippen LogP contribution >= 0.6 is 15.9 Å². The Kier molecular flexibility index (Phi) is 4.16. The fourth-order valence-electron chi connectivity index (χ4n) is 1.76. The zero-order valence-electron chi connectivity index (χ0n) is 10.3. The van der Waals surface area contributed by atoms with Crippen LogP contribution in [0.1, 0.15) is 28.9 Å². The lowest BCUT2D eigenvalue weighted by atomic mass is 10.1. The van der Waals surface area contributed by atoms with Gasteiger partial charge in [0.1, 0.15) is 0 Å². The first-order valence-electron chi connectivity index (χ1n) is 5.77. The van der Waals surface area contributed by atoms with Crippen molar-refractivity contribution in [2.24, 2.45) is 0 Å². The summed E-state index contributed by atoms with van der Waals surface area (Å²) >= 11 is 3.26. The van der Waals surface area contributed by atoms with Crippen LogP contribution in [0.2, 0.25) is 0 Å². The molecule has 2 N–H and O–H groups in total. The zero-order valence-corrected chi connectivity index (χ0v) is 11.9. The highest BCUT2D eigenvalue weighted by molar-refractivity contribution is 9.10. The summed E-state index contributed by atoms with van der Waals surface area (Å²) in [6.07, 6.45) is 3.49. The first-order chi connectivity index (χ1) is 9.08. The summed E-state index contributed by atoms with van der Waals surface area (Å²) in [6.45, 7) is 2.04. The van der Waals surface area contributed by atoms with Crippen molar-refractivity contribution in [2.75, 3.05) is 5.32 Å². The molecule has 0 aliphatic carbocycles. The maximum absolute atomic E-state index is 10.9. The molecule has 5 heteroatoms. The molecule has 19 heavy (non-hydrogen) atoms. The highest BCUT2D eigenvalue weighted by atomic mass is 79.9. The SMILES string of the molecule is CC(Nc1ccc(C(=O)O)c(Br)c1)c1ccncc1. The van der Waals surface area contributed by atoms with Gasteiger partial charge in [0.25, 0.3) is 0 Å². The minimum Gasteiger partial charge on any atom is -0.478 e. The number of hydrogen-bond acceptors (Lipinski definition) is 3. The van der Waals surface area contributed by atoms with Crippen LogP contribution in [-0.2, 0) is 0 Å². The second-order valence-electron chi connectivity index (χ2n) is 4.15. The number of carboxylic acids is 1. The molecule has 0 fully saturated rings. The second kappa shape index (κ2) is 5.84. The minimum atomic E-state index is -0.944. The highest BCUT2D eigenvalue weighted by Crippen LogP contribution is 2.24. The smallest absolute Gasteiger partial charge is 0.336 e. The number of rotatable bonds is 4. The lowest BCUT2D eigenvalue weighted by Crippen LogP contribution is -2.07. The Morgan fingerprint density at radius 3 is 2.58 bits per heavy atom. The first-order valence-corrected chi connectivity index (χ1v) is 6.56. The third-order valence-corrected chi connectivity index (χ3v) is 3.44. The van der Waals surface area contributed by atoms with Crippen molar-refractivity contribution >= 4 is 27.6 Å². The quantitative estimate of drug-likeness (QED) is 0.901. The molecule has 0 amide bonds. The van der Waals surface area contributed by atoms with Crippen molar-refractivity contribution in [3.05, 3.63) is 58.3 Å². The predicted molar refractivity (Wildman–Crippen MR) is 77.4 cm³/mol. The van der Waals surface area contributed by atoms with Crippen molar-refractivity contribution in [2.45, 2.75) is 13.0 Å². The number of aromatic carboxylic acids is 1. The zero-order chi connectivity index (χ0) is 13.8. The van der Waals surface area contributed by atoms with Crippen LogP contribution < -0.4 is 5.32 Å². The molecule has 0 bridgehead atoms. The Balaban J connectivity index is 2.16. The van der Waals surface area contributed by atoms with E-state index in [1.54, 1.807) is 30.6 Å². The first kappa shape index (κ1) is 13.5. The number of carboxylic acid groups (broad SMARTS) is 1. The van der Waals surface area contributed by atoms with E-state index in [-0.39, 0.29) is 11.6 Å². The van der Waals surface area contributed by atoms with Gasteiger partial charge in [-0.15, -0.1) is 0 Å². The van der Waals surface area contributed by atoms with E-state index in [0.29, 0.717) is 4.47 Å². The van der Waals surface area contributed by atoms with Crippen molar-refractivity contribution in [1.82, 2.24) is 4.98 Å². The van der Waals surface area contributed by atoms with Gasteiger partial charge in [-0.25, -0.2) is 4.79 Å². The fourth-order valence-corrected chi connectivity index (χ4v) is 2.31. The molecule has 98 valence electrons. The van der Waals surface area contributed by atoms with E-state index in [0.717, 1.165) is 11.3 Å². The third-order valence-electron chi connectivity index (χ3n) is 2.79. The summed E-state index contributed by atoms with van der Waals surface area (Å²) < 4.78 is 0.562. The Morgan fingerprint density at radius 2 is 2.00 bits per heavy atom. The van der Waals surface area contributed by atoms with Gasteiger partial charge in [-0.1, -0.05) is 0 Å². The Bertz CT molecular complexity index is 587. The lowest BCUT2D eigenvalue weighted by Gasteiger charge is -2.16. The highest BCUT2D eigenvalue weighted by Gasteiger charge is 2.10. The van der Waals surface area contributed by atoms with Crippen LogP contribution in [0.25, 0.3) is 0 Å². The summed E-state index contributed by atoms with van der Waals surface area (Å²) in [6, 6.07) is 9.10. The molecule has 2 rings (SSSR count). The average Bonchev–Trinajstić information content (AvgIpc) is 2.39. The normalized spacial score (nSPS) is 11.9. The van der Waals surface area contributed by atoms with E-state index in [9.17, 15) is 4.79 Å². The average molecular weight is 321 g/mol. The molecule has 0 spiro atoms. The van der Waals surface area contributed by atoms with Crippen LogP contribution in [0.5, 0.6) is 0 Å². The number of nitrogens with one attached hydrogen (secondary N) is 1. The van der Waals surface area contributed by atoms with E-state index in [4.69, 9.17) is 5.11 Å². The van der Waals surface area contributed by atoms with Gasteiger partial charge in [0, 0.05) is 28.6 Å². The van der Waals surface area contributed by atoms with Gasteiger partial charge in [-0.3, -0.25) is 4.98 Å². The molecule has 1 unspecified atom stereocenters. The van der Waals surface area contributed by atoms with Crippen LogP contribution in [0.3, 0.4) is 0 Å². The molecular weight excluding hydrogens is 308 g/mol. The van der Waals surface area contributed by atoms with E-state index >= 15 is 0 Å². The predicted octanol–water partition coefficient (Wildman–Crippen LogP) is 3.72. The molecule has 0 saturated carbocycles. The van der Waals surface area contributed by atoms with Crippen molar-refractivity contribution in [1.29, 1.82) is 0 Å². The molecule has 2 aromatic rings. The maximum Gasteiger partial charge on any atom is 0.336 e. The lowest BCUT2D eigenvalue weighted by molar-refractivity contribution is 0.0696. The molecule has 1 aromatic heterocycles. The summed E-state index contributed by atoms with van der Waals surface area (Å²) in [7, 11) is 0. The van der Waals surface area contributed by atoms with Crippen molar-refractivity contribution < 1.29 is 9.90 Å². The Morgan fingerprint density at radius 1 is 1.32 bits per heavy atom. The molecule has 4 nitrogen and oxygen atoms in total. The summed E-state index contributed by atoms with van der Waals surface area (Å²) in [5.74, 6) is -0.944. The second-order valence-corrected chi connectivity index (χ2v) is 5.00. The molecule has 1 heterocycles. The van der Waals surface area contributed by atoms with E-state index < -0.39 is 5.97 Å². The largest absolute Gasteiger partial charge is 0.478 e. The number of nitrogens with zero attached hydrogens (tertiary/aromatic N) is 1. The summed E-state index contributed by atoms with van der Waals surface area (Å²) in [5.41, 5.74) is 2.23. The van der Waals surface area contributed by atoms with Gasteiger partial charge in [-0.05, 0) is 58.7 Å². The topological polar surface area (TPSA) is 62.2 Å². The number of carbonyl (C=O) groups is 1. The Labute approximate surface area is 119 Å². The van der Waals surface area contributed by atoms with Gasteiger partial charge >= 0.3 is 5.97 Å².